The summed E-state index contributed by atoms with van der Waals surface area (Å²) in [5.74, 6) is 0. The van der Waals surface area contributed by atoms with Gasteiger partial charge in [0.2, 0.25) is 0 Å². The van der Waals surface area contributed by atoms with Gasteiger partial charge in [-0.1, -0.05) is 0 Å². The third-order valence-electron chi connectivity index (χ3n) is 2.08. The van der Waals surface area contributed by atoms with Crippen molar-refractivity contribution in [1.82, 2.24) is 4.98 Å². The Bertz CT molecular complexity index is 253. The number of hydrogen-bond donors (Lipinski definition) is 0. The van der Waals surface area contributed by atoms with Crippen molar-refractivity contribution in [2.24, 2.45) is 0 Å². The fraction of sp³-hybridized carbons (Fsp3) is 0.444. The first-order valence-corrected chi connectivity index (χ1v) is 4.03. The Morgan fingerprint density at radius 1 is 1.36 bits per heavy atom. The fourth-order valence-corrected chi connectivity index (χ4v) is 1.29. The minimum Gasteiger partial charge on any atom is -0.370 e. The number of anilines is 1. The van der Waals surface area contributed by atoms with Crippen LogP contribution in [0.15, 0.2) is 18.5 Å². The van der Waals surface area contributed by atoms with Crippen LogP contribution in [0.3, 0.4) is 0 Å². The number of hydrogen-bond acceptors (Lipinski definition) is 2. The van der Waals surface area contributed by atoms with Crippen molar-refractivity contribution in [3.05, 3.63) is 24.0 Å². The number of rotatable bonds is 1. The van der Waals surface area contributed by atoms with E-state index in [1.807, 2.05) is 12.4 Å². The highest BCUT2D eigenvalue weighted by atomic mass is 15.2. The van der Waals surface area contributed by atoms with Gasteiger partial charge in [-0.2, -0.15) is 0 Å². The third-order valence-corrected chi connectivity index (χ3v) is 2.08. The van der Waals surface area contributed by atoms with Gasteiger partial charge in [0.15, 0.2) is 0 Å². The predicted molar refractivity (Wildman–Crippen MR) is 45.8 cm³/mol. The largest absolute Gasteiger partial charge is 0.370 e. The Balaban J connectivity index is 2.23. The standard InChI is InChI=1S/C9H12N2/c1-8-5-9(7-10-6-8)11-3-2-4-11/h5-7H,2-4H2,1H3. The van der Waals surface area contributed by atoms with Crippen molar-refractivity contribution in [1.29, 1.82) is 0 Å². The summed E-state index contributed by atoms with van der Waals surface area (Å²) in [7, 11) is 0. The van der Waals surface area contributed by atoms with Crippen LogP contribution in [0.2, 0.25) is 0 Å². The summed E-state index contributed by atoms with van der Waals surface area (Å²) in [5, 5.41) is 0. The van der Waals surface area contributed by atoms with Crippen LogP contribution in [0.4, 0.5) is 5.69 Å². The van der Waals surface area contributed by atoms with E-state index in [0.29, 0.717) is 0 Å². The van der Waals surface area contributed by atoms with Crippen LogP contribution in [-0.2, 0) is 0 Å². The van der Waals surface area contributed by atoms with E-state index in [0.717, 1.165) is 0 Å². The molecule has 0 radical (unpaired) electrons. The quantitative estimate of drug-likeness (QED) is 0.601. The van der Waals surface area contributed by atoms with Crippen LogP contribution in [0.5, 0.6) is 0 Å². The molecule has 1 saturated heterocycles. The molecule has 0 bridgehead atoms. The van der Waals surface area contributed by atoms with Crippen LogP contribution in [0.1, 0.15) is 12.0 Å². The Labute approximate surface area is 66.9 Å². The Morgan fingerprint density at radius 3 is 2.73 bits per heavy atom. The summed E-state index contributed by atoms with van der Waals surface area (Å²) in [6, 6.07) is 2.19. The first kappa shape index (κ1) is 6.65. The smallest absolute Gasteiger partial charge is 0.0555 e. The molecule has 1 aromatic rings. The van der Waals surface area contributed by atoms with Gasteiger partial charge in [0, 0.05) is 19.3 Å². The van der Waals surface area contributed by atoms with Crippen molar-refractivity contribution < 1.29 is 0 Å². The van der Waals surface area contributed by atoms with E-state index < -0.39 is 0 Å². The van der Waals surface area contributed by atoms with Crippen molar-refractivity contribution in [3.8, 4) is 0 Å². The summed E-state index contributed by atoms with van der Waals surface area (Å²) < 4.78 is 0. The molecular formula is C9H12N2. The molecule has 0 N–H and O–H groups in total. The van der Waals surface area contributed by atoms with Gasteiger partial charge < -0.3 is 4.90 Å². The van der Waals surface area contributed by atoms with Crippen LogP contribution < -0.4 is 4.90 Å². The highest BCUT2D eigenvalue weighted by molar-refractivity contribution is 5.47. The summed E-state index contributed by atoms with van der Waals surface area (Å²) in [4.78, 5) is 6.49. The lowest BCUT2D eigenvalue weighted by molar-refractivity contribution is 0.616. The number of pyridine rings is 1. The Kier molecular flexibility index (Phi) is 1.53. The third kappa shape index (κ3) is 1.20. The molecule has 0 amide bonds. The van der Waals surface area contributed by atoms with E-state index >= 15 is 0 Å². The van der Waals surface area contributed by atoms with Gasteiger partial charge in [0.1, 0.15) is 0 Å². The second-order valence-corrected chi connectivity index (χ2v) is 3.06. The zero-order valence-corrected chi connectivity index (χ0v) is 6.75. The monoisotopic (exact) mass is 148 g/mol. The fourth-order valence-electron chi connectivity index (χ4n) is 1.29. The van der Waals surface area contributed by atoms with Crippen LogP contribution in [0.25, 0.3) is 0 Å². The first-order valence-electron chi connectivity index (χ1n) is 4.03. The highest BCUT2D eigenvalue weighted by Crippen LogP contribution is 2.19. The maximum atomic E-state index is 4.15. The second-order valence-electron chi connectivity index (χ2n) is 3.06. The SMILES string of the molecule is Cc1cncc(N2CCC2)c1. The van der Waals surface area contributed by atoms with Gasteiger partial charge in [-0.15, -0.1) is 0 Å². The molecule has 1 aromatic heterocycles. The lowest BCUT2D eigenvalue weighted by atomic mass is 10.2. The summed E-state index contributed by atoms with van der Waals surface area (Å²) in [6.07, 6.45) is 5.16. The first-order chi connectivity index (χ1) is 5.36. The molecule has 0 unspecified atom stereocenters. The molecule has 0 spiro atoms. The molecule has 1 aliphatic heterocycles. The van der Waals surface area contributed by atoms with E-state index in [4.69, 9.17) is 0 Å². The van der Waals surface area contributed by atoms with Gasteiger partial charge in [-0.05, 0) is 25.0 Å². The van der Waals surface area contributed by atoms with Crippen LogP contribution in [0, 0.1) is 6.92 Å². The van der Waals surface area contributed by atoms with E-state index in [-0.39, 0.29) is 0 Å². The van der Waals surface area contributed by atoms with Crippen molar-refractivity contribution >= 4 is 5.69 Å². The minimum absolute atomic E-state index is 1.20. The number of nitrogens with zero attached hydrogens (tertiary/aromatic N) is 2. The summed E-state index contributed by atoms with van der Waals surface area (Å²) >= 11 is 0. The zero-order chi connectivity index (χ0) is 7.68. The molecule has 1 aliphatic rings. The number of aromatic nitrogens is 1. The highest BCUT2D eigenvalue weighted by Gasteiger charge is 2.13. The molecule has 0 saturated carbocycles. The molecule has 11 heavy (non-hydrogen) atoms. The van der Waals surface area contributed by atoms with Gasteiger partial charge in [-0.25, -0.2) is 0 Å². The molecular weight excluding hydrogens is 136 g/mol. The van der Waals surface area contributed by atoms with Gasteiger partial charge >= 0.3 is 0 Å². The number of aryl methyl sites for hydroxylation is 1. The Hall–Kier alpha value is -1.05. The zero-order valence-electron chi connectivity index (χ0n) is 6.75. The Morgan fingerprint density at radius 2 is 2.18 bits per heavy atom. The maximum Gasteiger partial charge on any atom is 0.0555 e. The average molecular weight is 148 g/mol. The van der Waals surface area contributed by atoms with E-state index in [2.05, 4.69) is 22.9 Å². The summed E-state index contributed by atoms with van der Waals surface area (Å²) in [5.41, 5.74) is 2.52. The van der Waals surface area contributed by atoms with E-state index in [9.17, 15) is 0 Å². The lowest BCUT2D eigenvalue weighted by Gasteiger charge is -2.32. The van der Waals surface area contributed by atoms with Crippen LogP contribution in [-0.4, -0.2) is 18.1 Å². The van der Waals surface area contributed by atoms with E-state index in [1.54, 1.807) is 0 Å². The van der Waals surface area contributed by atoms with Crippen molar-refractivity contribution in [2.75, 3.05) is 18.0 Å². The molecule has 2 heterocycles. The van der Waals surface area contributed by atoms with Crippen molar-refractivity contribution in [2.45, 2.75) is 13.3 Å². The van der Waals surface area contributed by atoms with Crippen molar-refractivity contribution in [3.63, 3.8) is 0 Å². The molecule has 0 aliphatic carbocycles. The second kappa shape index (κ2) is 2.53. The molecule has 0 aromatic carbocycles. The summed E-state index contributed by atoms with van der Waals surface area (Å²) in [6.45, 7) is 4.48. The molecule has 2 rings (SSSR count). The van der Waals surface area contributed by atoms with Crippen LogP contribution >= 0.6 is 0 Å². The molecule has 0 atom stereocenters. The predicted octanol–water partition coefficient (Wildman–Crippen LogP) is 1.60. The molecule has 2 nitrogen and oxygen atoms in total. The molecule has 58 valence electrons. The lowest BCUT2D eigenvalue weighted by Crippen LogP contribution is -2.37. The van der Waals surface area contributed by atoms with Gasteiger partial charge in [0.25, 0.3) is 0 Å². The average Bonchev–Trinajstić information content (AvgIpc) is 1.83. The van der Waals surface area contributed by atoms with Gasteiger partial charge in [-0.3, -0.25) is 4.98 Å². The molecule has 2 heteroatoms. The van der Waals surface area contributed by atoms with E-state index in [1.165, 1.54) is 30.8 Å². The normalized spacial score (nSPS) is 16.3. The topological polar surface area (TPSA) is 16.1 Å². The maximum absolute atomic E-state index is 4.15. The minimum atomic E-state index is 1.20. The molecule has 1 fully saturated rings. The van der Waals surface area contributed by atoms with Gasteiger partial charge in [0.05, 0.1) is 11.9 Å².